The summed E-state index contributed by atoms with van der Waals surface area (Å²) in [5.41, 5.74) is 23.3. The van der Waals surface area contributed by atoms with Crippen LogP contribution in [0.5, 0.6) is 0 Å². The van der Waals surface area contributed by atoms with E-state index in [0.717, 1.165) is 47.0 Å². The minimum absolute atomic E-state index is 0.378. The summed E-state index contributed by atoms with van der Waals surface area (Å²) in [6.45, 7) is 4.32. The highest BCUT2D eigenvalue weighted by atomic mass is 15.2. The van der Waals surface area contributed by atoms with Crippen LogP contribution in [0.1, 0.15) is 46.2 Å². The van der Waals surface area contributed by atoms with Gasteiger partial charge in [0.15, 0.2) is 0 Å². The summed E-state index contributed by atoms with van der Waals surface area (Å²) in [5, 5.41) is 2.46. The van der Waals surface area contributed by atoms with Gasteiger partial charge in [-0.3, -0.25) is 0 Å². The zero-order chi connectivity index (χ0) is 43.9. The Morgan fingerprint density at radius 2 is 0.924 bits per heavy atom. The molecule has 0 radical (unpaired) electrons. The summed E-state index contributed by atoms with van der Waals surface area (Å²) in [4.78, 5) is 4.89. The van der Waals surface area contributed by atoms with Gasteiger partial charge in [-0.15, -0.1) is 0 Å². The first-order chi connectivity index (χ1) is 32.6. The number of allylic oxidation sites excluding steroid dienone is 4. The number of nitrogens with zero attached hydrogens (tertiary/aromatic N) is 3. The molecule has 0 amide bonds. The molecular weight excluding hydrogens is 799 g/mol. The number of rotatable bonds is 7. The highest BCUT2D eigenvalue weighted by Gasteiger charge is 2.54. The van der Waals surface area contributed by atoms with Crippen LogP contribution in [0.3, 0.4) is 0 Å². The van der Waals surface area contributed by atoms with E-state index in [4.69, 9.17) is 0 Å². The largest absolute Gasteiger partial charge is 0.310 e. The van der Waals surface area contributed by atoms with Crippen LogP contribution < -0.4 is 9.80 Å². The van der Waals surface area contributed by atoms with Crippen LogP contribution in [0, 0.1) is 13.8 Å². The Bertz CT molecular complexity index is 3540. The van der Waals surface area contributed by atoms with Gasteiger partial charge in [-0.05, 0) is 157 Å². The Balaban J connectivity index is 0.984. The van der Waals surface area contributed by atoms with Gasteiger partial charge >= 0.3 is 0 Å². The first-order valence-corrected chi connectivity index (χ1v) is 23.2. The standard InChI is InChI=1S/C63H47N3/c1-42-27-31-45(32-28-42)64(49-39-40-60-54(41-49)52-19-9-13-25-59(52)66(60)44-15-4-3-5-16-44)46-35-37-48(38-36-46)65(47-33-29-43(2)30-34-47)61-26-14-24-58-62(61)53-20-8-12-23-57(53)63(58)55-21-10-6-17-50(55)51-18-7-11-22-56(51)63/h3-7,9-11,13-41H,8,12H2,1-2H3. The zero-order valence-electron chi connectivity index (χ0n) is 37.1. The van der Waals surface area contributed by atoms with E-state index in [0.29, 0.717) is 0 Å². The summed E-state index contributed by atoms with van der Waals surface area (Å²) in [7, 11) is 0. The molecule has 0 fully saturated rings. The predicted octanol–water partition coefficient (Wildman–Crippen LogP) is 16.8. The Labute approximate surface area is 386 Å². The van der Waals surface area contributed by atoms with Crippen molar-refractivity contribution in [1.29, 1.82) is 0 Å². The van der Waals surface area contributed by atoms with E-state index >= 15 is 0 Å². The topological polar surface area (TPSA) is 11.4 Å². The maximum atomic E-state index is 2.54. The number of aryl methyl sites for hydroxylation is 2. The first-order valence-electron chi connectivity index (χ1n) is 23.2. The quantitative estimate of drug-likeness (QED) is 0.158. The predicted molar refractivity (Wildman–Crippen MR) is 277 cm³/mol. The molecule has 1 spiro atoms. The lowest BCUT2D eigenvalue weighted by atomic mass is 9.69. The molecule has 3 heteroatoms. The number of benzene rings is 9. The number of para-hydroxylation sites is 2. The molecule has 3 aliphatic rings. The maximum absolute atomic E-state index is 2.54. The van der Waals surface area contributed by atoms with Crippen LogP contribution in [0.15, 0.2) is 230 Å². The minimum Gasteiger partial charge on any atom is -0.310 e. The van der Waals surface area contributed by atoms with E-state index in [1.807, 2.05) is 0 Å². The molecule has 3 aliphatic carbocycles. The van der Waals surface area contributed by atoms with Crippen LogP contribution in [-0.2, 0) is 5.41 Å². The van der Waals surface area contributed by atoms with Crippen molar-refractivity contribution in [2.24, 2.45) is 0 Å². The number of anilines is 6. The van der Waals surface area contributed by atoms with Gasteiger partial charge in [0, 0.05) is 50.5 Å². The van der Waals surface area contributed by atoms with Gasteiger partial charge in [-0.1, -0.05) is 145 Å². The van der Waals surface area contributed by atoms with E-state index in [9.17, 15) is 0 Å². The molecule has 1 heterocycles. The lowest BCUT2D eigenvalue weighted by Crippen LogP contribution is -2.26. The van der Waals surface area contributed by atoms with Gasteiger partial charge in [-0.2, -0.15) is 0 Å². The van der Waals surface area contributed by atoms with Gasteiger partial charge in [0.1, 0.15) is 0 Å². The lowest BCUT2D eigenvalue weighted by molar-refractivity contribution is 0.782. The van der Waals surface area contributed by atoms with E-state index in [1.54, 1.807) is 0 Å². The molecule has 314 valence electrons. The molecule has 66 heavy (non-hydrogen) atoms. The Morgan fingerprint density at radius 3 is 1.59 bits per heavy atom. The molecule has 0 saturated carbocycles. The summed E-state index contributed by atoms with van der Waals surface area (Å²) in [5.74, 6) is 0. The van der Waals surface area contributed by atoms with Crippen molar-refractivity contribution in [3.8, 4) is 16.8 Å². The van der Waals surface area contributed by atoms with Crippen molar-refractivity contribution in [1.82, 2.24) is 4.57 Å². The van der Waals surface area contributed by atoms with Crippen LogP contribution in [0.4, 0.5) is 34.1 Å². The first kappa shape index (κ1) is 38.3. The molecular formula is C63H47N3. The second-order valence-corrected chi connectivity index (χ2v) is 18.1. The van der Waals surface area contributed by atoms with E-state index < -0.39 is 0 Å². The fraction of sp³-hybridized carbons (Fsp3) is 0.0794. The average molecular weight is 846 g/mol. The highest BCUT2D eigenvalue weighted by molar-refractivity contribution is 6.11. The summed E-state index contributed by atoms with van der Waals surface area (Å²) in [6.07, 6.45) is 7.12. The molecule has 3 nitrogen and oxygen atoms in total. The lowest BCUT2D eigenvalue weighted by Gasteiger charge is -2.32. The van der Waals surface area contributed by atoms with E-state index in [-0.39, 0.29) is 5.41 Å². The normalized spacial score (nSPS) is 14.1. The molecule has 0 unspecified atom stereocenters. The van der Waals surface area contributed by atoms with Crippen molar-refractivity contribution >= 4 is 61.5 Å². The number of hydrogen-bond acceptors (Lipinski definition) is 2. The summed E-state index contributed by atoms with van der Waals surface area (Å²) < 4.78 is 2.38. The van der Waals surface area contributed by atoms with Crippen LogP contribution in [0.2, 0.25) is 0 Å². The highest BCUT2D eigenvalue weighted by Crippen LogP contribution is 2.66. The molecule has 0 aliphatic heterocycles. The van der Waals surface area contributed by atoms with E-state index in [1.165, 1.54) is 83.1 Å². The Kier molecular flexibility index (Phi) is 8.69. The second kappa shape index (κ2) is 15.0. The monoisotopic (exact) mass is 845 g/mol. The third-order valence-electron chi connectivity index (χ3n) is 14.3. The van der Waals surface area contributed by atoms with Gasteiger partial charge in [0.2, 0.25) is 0 Å². The van der Waals surface area contributed by atoms with Crippen molar-refractivity contribution in [2.75, 3.05) is 9.80 Å². The Hall–Kier alpha value is -8.14. The molecule has 10 aromatic rings. The van der Waals surface area contributed by atoms with Crippen molar-refractivity contribution in [2.45, 2.75) is 32.1 Å². The number of fused-ring (bicyclic) bond motifs is 13. The molecule has 0 saturated heterocycles. The Morgan fingerprint density at radius 1 is 0.409 bits per heavy atom. The molecule has 0 bridgehead atoms. The minimum atomic E-state index is -0.378. The van der Waals surface area contributed by atoms with Gasteiger partial charge < -0.3 is 14.4 Å². The molecule has 13 rings (SSSR count). The van der Waals surface area contributed by atoms with Crippen molar-refractivity contribution < 1.29 is 0 Å². The van der Waals surface area contributed by atoms with Gasteiger partial charge in [-0.25, -0.2) is 0 Å². The van der Waals surface area contributed by atoms with Crippen molar-refractivity contribution in [3.05, 3.63) is 263 Å². The van der Waals surface area contributed by atoms with Crippen LogP contribution >= 0.6 is 0 Å². The second-order valence-electron chi connectivity index (χ2n) is 18.1. The smallest absolute Gasteiger partial charge is 0.0723 e. The average Bonchev–Trinajstić information content (AvgIpc) is 3.98. The van der Waals surface area contributed by atoms with Crippen LogP contribution in [0.25, 0.3) is 44.2 Å². The number of aromatic nitrogens is 1. The molecule has 0 N–H and O–H groups in total. The van der Waals surface area contributed by atoms with E-state index in [2.05, 4.69) is 253 Å². The SMILES string of the molecule is Cc1ccc(N(c2ccc(N(c3ccc(C)cc3)c3cccc4c3C3=CCCC=C3C43c4ccccc4-c4ccccc43)cc2)c2ccc3c(c2)c2ccccc2n3-c2ccccc2)cc1. The molecule has 0 atom stereocenters. The summed E-state index contributed by atoms with van der Waals surface area (Å²) >= 11 is 0. The fourth-order valence-electron chi connectivity index (χ4n) is 11.5. The van der Waals surface area contributed by atoms with Crippen molar-refractivity contribution in [3.63, 3.8) is 0 Å². The van der Waals surface area contributed by atoms with Crippen LogP contribution in [-0.4, -0.2) is 4.57 Å². The van der Waals surface area contributed by atoms with Gasteiger partial charge in [0.05, 0.1) is 22.1 Å². The molecule has 1 aromatic heterocycles. The van der Waals surface area contributed by atoms with Gasteiger partial charge in [0.25, 0.3) is 0 Å². The zero-order valence-corrected chi connectivity index (χ0v) is 37.1. The third kappa shape index (κ3) is 5.63. The number of hydrogen-bond donors (Lipinski definition) is 0. The maximum Gasteiger partial charge on any atom is 0.0723 e. The summed E-state index contributed by atoms with van der Waals surface area (Å²) in [6, 6.07) is 78.8. The third-order valence-corrected chi connectivity index (χ3v) is 14.3. The fourth-order valence-corrected chi connectivity index (χ4v) is 11.5. The molecule has 9 aromatic carbocycles.